The highest BCUT2D eigenvalue weighted by Crippen LogP contribution is 2.40. The third-order valence-electron chi connectivity index (χ3n) is 4.53. The van der Waals surface area contributed by atoms with E-state index in [1.807, 2.05) is 42.5 Å². The number of fused-ring (bicyclic) bond motifs is 1. The van der Waals surface area contributed by atoms with Crippen LogP contribution in [0.5, 0.6) is 0 Å². The molecule has 0 saturated heterocycles. The topological polar surface area (TPSA) is 59.8 Å². The van der Waals surface area contributed by atoms with Gasteiger partial charge in [0, 0.05) is 23.5 Å². The number of aromatic nitrogens is 3. The van der Waals surface area contributed by atoms with E-state index in [-0.39, 0.29) is 5.91 Å². The number of carbonyl (C=O) groups excluding carboxylic acids is 1. The maximum absolute atomic E-state index is 12.5. The number of thioether (sulfide) groups is 1. The minimum absolute atomic E-state index is 0.0228. The van der Waals surface area contributed by atoms with Gasteiger partial charge in [-0.15, -0.1) is 10.2 Å². The minimum atomic E-state index is -0.0228. The molecule has 3 aromatic rings. The molecule has 5 nitrogen and oxygen atoms in total. The van der Waals surface area contributed by atoms with Crippen molar-refractivity contribution in [3.63, 3.8) is 0 Å². The van der Waals surface area contributed by atoms with Crippen LogP contribution in [0.2, 0.25) is 0 Å². The van der Waals surface area contributed by atoms with Crippen LogP contribution in [-0.4, -0.2) is 26.4 Å². The number of rotatable bonds is 7. The second-order valence-corrected chi connectivity index (χ2v) is 7.57. The van der Waals surface area contributed by atoms with Gasteiger partial charge in [-0.25, -0.2) is 0 Å². The lowest BCUT2D eigenvalue weighted by atomic mass is 10.1. The average molecular weight is 366 g/mol. The molecule has 134 valence electrons. The molecule has 0 spiro atoms. The van der Waals surface area contributed by atoms with Gasteiger partial charge in [-0.3, -0.25) is 4.79 Å². The molecule has 0 atom stereocenters. The molecule has 4 rings (SSSR count). The highest BCUT2D eigenvalue weighted by atomic mass is 32.2. The Morgan fingerprint density at radius 1 is 1.19 bits per heavy atom. The van der Waals surface area contributed by atoms with E-state index >= 15 is 0 Å². The summed E-state index contributed by atoms with van der Waals surface area (Å²) in [5, 5.41) is 14.7. The summed E-state index contributed by atoms with van der Waals surface area (Å²) in [4.78, 5) is 12.5. The number of nitrogens with one attached hydrogen (secondary N) is 1. The molecule has 0 radical (unpaired) electrons. The van der Waals surface area contributed by atoms with Gasteiger partial charge >= 0.3 is 0 Å². The predicted molar refractivity (Wildman–Crippen MR) is 106 cm³/mol. The van der Waals surface area contributed by atoms with Gasteiger partial charge in [-0.1, -0.05) is 55.1 Å². The van der Waals surface area contributed by atoms with E-state index in [1.54, 1.807) is 0 Å². The van der Waals surface area contributed by atoms with Crippen LogP contribution >= 0.6 is 11.8 Å². The van der Waals surface area contributed by atoms with E-state index in [0.717, 1.165) is 40.4 Å². The molecular formula is C20H22N4OS. The first kappa shape index (κ1) is 17.1. The van der Waals surface area contributed by atoms with Crippen LogP contribution < -0.4 is 5.32 Å². The Kier molecular flexibility index (Phi) is 4.93. The summed E-state index contributed by atoms with van der Waals surface area (Å²) in [5.74, 6) is 1.96. The zero-order valence-electron chi connectivity index (χ0n) is 14.8. The summed E-state index contributed by atoms with van der Waals surface area (Å²) >= 11 is 1.46. The molecule has 1 amide bonds. The number of hydrogen-bond acceptors (Lipinski definition) is 4. The third kappa shape index (κ3) is 3.60. The lowest BCUT2D eigenvalue weighted by molar-refractivity contribution is -0.113. The Bertz CT molecular complexity index is 927. The van der Waals surface area contributed by atoms with Gasteiger partial charge in [0.15, 0.2) is 5.16 Å². The maximum atomic E-state index is 12.5. The maximum Gasteiger partial charge on any atom is 0.234 e. The molecule has 1 N–H and O–H groups in total. The predicted octanol–water partition coefficient (Wildman–Crippen LogP) is 4.45. The van der Waals surface area contributed by atoms with Crippen molar-refractivity contribution >= 4 is 34.1 Å². The Balaban J connectivity index is 1.44. The van der Waals surface area contributed by atoms with Crippen molar-refractivity contribution < 1.29 is 4.79 Å². The van der Waals surface area contributed by atoms with Crippen molar-refractivity contribution in [2.75, 3.05) is 11.1 Å². The largest absolute Gasteiger partial charge is 0.325 e. The van der Waals surface area contributed by atoms with E-state index < -0.39 is 0 Å². The number of amides is 1. The fourth-order valence-electron chi connectivity index (χ4n) is 3.13. The second-order valence-electron chi connectivity index (χ2n) is 6.63. The molecule has 1 heterocycles. The first-order valence-electron chi connectivity index (χ1n) is 9.09. The van der Waals surface area contributed by atoms with E-state index in [4.69, 9.17) is 0 Å². The summed E-state index contributed by atoms with van der Waals surface area (Å²) in [6.07, 6.45) is 3.44. The van der Waals surface area contributed by atoms with Crippen molar-refractivity contribution in [3.8, 4) is 0 Å². The molecule has 26 heavy (non-hydrogen) atoms. The van der Waals surface area contributed by atoms with Crippen LogP contribution in [0.25, 0.3) is 10.8 Å². The lowest BCUT2D eigenvalue weighted by Gasteiger charge is -2.10. The number of hydrogen-bond donors (Lipinski definition) is 1. The van der Waals surface area contributed by atoms with Crippen molar-refractivity contribution in [2.45, 2.75) is 43.8 Å². The summed E-state index contributed by atoms with van der Waals surface area (Å²) in [5.41, 5.74) is 0.849. The van der Waals surface area contributed by atoms with Gasteiger partial charge in [0.1, 0.15) is 5.82 Å². The fourth-order valence-corrected chi connectivity index (χ4v) is 3.91. The van der Waals surface area contributed by atoms with Crippen LogP contribution in [-0.2, 0) is 11.3 Å². The first-order chi connectivity index (χ1) is 12.8. The summed E-state index contributed by atoms with van der Waals surface area (Å²) in [6, 6.07) is 14.0. The van der Waals surface area contributed by atoms with Crippen molar-refractivity contribution in [1.82, 2.24) is 14.8 Å². The molecule has 6 heteroatoms. The fraction of sp³-hybridized carbons (Fsp3) is 0.350. The van der Waals surface area contributed by atoms with E-state index in [1.165, 1.54) is 24.6 Å². The monoisotopic (exact) mass is 366 g/mol. The van der Waals surface area contributed by atoms with Gasteiger partial charge in [0.25, 0.3) is 0 Å². The molecule has 2 aromatic carbocycles. The van der Waals surface area contributed by atoms with Crippen molar-refractivity contribution in [3.05, 3.63) is 48.3 Å². The SMILES string of the molecule is CCCn1c(SCC(=O)Nc2cccc3ccccc23)nnc1C1CC1. The highest BCUT2D eigenvalue weighted by Gasteiger charge is 2.30. The van der Waals surface area contributed by atoms with Crippen LogP contribution in [0.15, 0.2) is 47.6 Å². The molecule has 1 aliphatic rings. The van der Waals surface area contributed by atoms with E-state index in [9.17, 15) is 4.79 Å². The highest BCUT2D eigenvalue weighted by molar-refractivity contribution is 7.99. The first-order valence-corrected chi connectivity index (χ1v) is 10.1. The van der Waals surface area contributed by atoms with E-state index in [2.05, 4.69) is 27.0 Å². The summed E-state index contributed by atoms with van der Waals surface area (Å²) < 4.78 is 2.19. The Morgan fingerprint density at radius 3 is 2.81 bits per heavy atom. The van der Waals surface area contributed by atoms with Gasteiger partial charge in [-0.2, -0.15) is 0 Å². The van der Waals surface area contributed by atoms with Crippen LogP contribution in [0.3, 0.4) is 0 Å². The Labute approximate surface area is 157 Å². The molecule has 1 aromatic heterocycles. The van der Waals surface area contributed by atoms with Crippen molar-refractivity contribution in [1.29, 1.82) is 0 Å². The number of carbonyl (C=O) groups is 1. The number of anilines is 1. The lowest BCUT2D eigenvalue weighted by Crippen LogP contribution is -2.15. The van der Waals surface area contributed by atoms with Gasteiger partial charge in [0.05, 0.1) is 5.75 Å². The van der Waals surface area contributed by atoms with Crippen LogP contribution in [0.4, 0.5) is 5.69 Å². The third-order valence-corrected chi connectivity index (χ3v) is 5.50. The minimum Gasteiger partial charge on any atom is -0.325 e. The molecular weight excluding hydrogens is 344 g/mol. The standard InChI is InChI=1S/C20H22N4OS/c1-2-12-24-19(15-10-11-15)22-23-20(24)26-13-18(25)21-17-9-5-7-14-6-3-4-8-16(14)17/h3-9,15H,2,10-13H2,1H3,(H,21,25). The molecule has 0 bridgehead atoms. The van der Waals surface area contributed by atoms with Crippen LogP contribution in [0, 0.1) is 0 Å². The Hall–Kier alpha value is -2.34. The van der Waals surface area contributed by atoms with Gasteiger partial charge < -0.3 is 9.88 Å². The molecule has 0 unspecified atom stereocenters. The van der Waals surface area contributed by atoms with Gasteiger partial charge in [-0.05, 0) is 30.7 Å². The van der Waals surface area contributed by atoms with Gasteiger partial charge in [0.2, 0.25) is 5.91 Å². The summed E-state index contributed by atoms with van der Waals surface area (Å²) in [6.45, 7) is 3.06. The molecule has 0 aliphatic heterocycles. The average Bonchev–Trinajstić information content (AvgIpc) is 3.42. The smallest absolute Gasteiger partial charge is 0.234 e. The zero-order chi connectivity index (χ0) is 17.9. The zero-order valence-corrected chi connectivity index (χ0v) is 15.6. The van der Waals surface area contributed by atoms with E-state index in [0.29, 0.717) is 11.7 Å². The molecule has 1 aliphatic carbocycles. The molecule has 1 saturated carbocycles. The summed E-state index contributed by atoms with van der Waals surface area (Å²) in [7, 11) is 0. The second kappa shape index (κ2) is 7.50. The number of benzene rings is 2. The van der Waals surface area contributed by atoms with Crippen LogP contribution in [0.1, 0.15) is 37.9 Å². The normalized spacial score (nSPS) is 13.9. The Morgan fingerprint density at radius 2 is 2.00 bits per heavy atom. The van der Waals surface area contributed by atoms with Crippen molar-refractivity contribution in [2.24, 2.45) is 0 Å². The number of nitrogens with zero attached hydrogens (tertiary/aromatic N) is 3. The molecule has 1 fully saturated rings. The quantitative estimate of drug-likeness (QED) is 0.628.